The molecule has 1 aromatic carbocycles. The molecular formula is C16H26. The van der Waals surface area contributed by atoms with Gasteiger partial charge in [0, 0.05) is 0 Å². The van der Waals surface area contributed by atoms with E-state index < -0.39 is 0 Å². The highest BCUT2D eigenvalue weighted by Crippen LogP contribution is 2.37. The Balaban J connectivity index is 3.03. The Bertz CT molecular complexity index is 309. The zero-order valence-electron chi connectivity index (χ0n) is 11.5. The van der Waals surface area contributed by atoms with Crippen molar-refractivity contribution in [1.82, 2.24) is 0 Å². The van der Waals surface area contributed by atoms with Crippen LogP contribution in [-0.4, -0.2) is 0 Å². The van der Waals surface area contributed by atoms with E-state index in [4.69, 9.17) is 0 Å². The summed E-state index contributed by atoms with van der Waals surface area (Å²) in [5.74, 6) is 0.741. The van der Waals surface area contributed by atoms with Crippen LogP contribution in [0.25, 0.3) is 0 Å². The zero-order chi connectivity index (χ0) is 12.2. The fourth-order valence-corrected chi connectivity index (χ4v) is 2.41. The minimum Gasteiger partial charge on any atom is -0.0651 e. The molecule has 0 nitrogen and oxygen atoms in total. The lowest BCUT2D eigenvalue weighted by Gasteiger charge is -2.35. The van der Waals surface area contributed by atoms with Crippen LogP contribution in [0.1, 0.15) is 58.6 Å². The quantitative estimate of drug-likeness (QED) is 0.655. The van der Waals surface area contributed by atoms with Crippen LogP contribution in [0, 0.1) is 5.92 Å². The van der Waals surface area contributed by atoms with E-state index in [1.165, 1.54) is 24.0 Å². The maximum absolute atomic E-state index is 2.40. The lowest BCUT2D eigenvalue weighted by atomic mass is 9.69. The molecule has 0 aliphatic rings. The topological polar surface area (TPSA) is 0 Å². The SMILES string of the molecule is CCc1ccc(C(C)(CC)C(C)CC)cc1. The van der Waals surface area contributed by atoms with Crippen molar-refractivity contribution in [2.24, 2.45) is 5.92 Å². The highest BCUT2D eigenvalue weighted by Gasteiger charge is 2.29. The van der Waals surface area contributed by atoms with Gasteiger partial charge in [-0.25, -0.2) is 0 Å². The minimum absolute atomic E-state index is 0.334. The van der Waals surface area contributed by atoms with Crippen molar-refractivity contribution in [3.05, 3.63) is 35.4 Å². The van der Waals surface area contributed by atoms with E-state index in [1.54, 1.807) is 0 Å². The van der Waals surface area contributed by atoms with Crippen molar-refractivity contribution in [1.29, 1.82) is 0 Å². The monoisotopic (exact) mass is 218 g/mol. The second kappa shape index (κ2) is 5.52. The first-order valence-corrected chi connectivity index (χ1v) is 6.67. The number of aryl methyl sites for hydroxylation is 1. The van der Waals surface area contributed by atoms with E-state index in [1.807, 2.05) is 0 Å². The van der Waals surface area contributed by atoms with Gasteiger partial charge in [0.2, 0.25) is 0 Å². The fraction of sp³-hybridized carbons (Fsp3) is 0.625. The summed E-state index contributed by atoms with van der Waals surface area (Å²) in [6.07, 6.45) is 3.60. The highest BCUT2D eigenvalue weighted by molar-refractivity contribution is 5.29. The number of rotatable bonds is 5. The van der Waals surface area contributed by atoms with E-state index in [0.717, 1.165) is 12.3 Å². The first-order valence-electron chi connectivity index (χ1n) is 6.67. The molecule has 0 heterocycles. The Kier molecular flexibility index (Phi) is 4.58. The zero-order valence-corrected chi connectivity index (χ0v) is 11.5. The molecule has 0 saturated heterocycles. The molecule has 1 rings (SSSR count). The number of hydrogen-bond donors (Lipinski definition) is 0. The van der Waals surface area contributed by atoms with E-state index in [2.05, 4.69) is 58.9 Å². The summed E-state index contributed by atoms with van der Waals surface area (Å²) < 4.78 is 0. The maximum atomic E-state index is 2.40. The van der Waals surface area contributed by atoms with Crippen LogP contribution in [0.4, 0.5) is 0 Å². The van der Waals surface area contributed by atoms with Crippen LogP contribution in [0.2, 0.25) is 0 Å². The smallest absolute Gasteiger partial charge is 0.00524 e. The van der Waals surface area contributed by atoms with Gasteiger partial charge in [0.1, 0.15) is 0 Å². The molecule has 16 heavy (non-hydrogen) atoms. The summed E-state index contributed by atoms with van der Waals surface area (Å²) in [6, 6.07) is 9.22. The lowest BCUT2D eigenvalue weighted by Crippen LogP contribution is -2.29. The van der Waals surface area contributed by atoms with Crippen LogP contribution in [0.5, 0.6) is 0 Å². The molecule has 0 N–H and O–H groups in total. The van der Waals surface area contributed by atoms with Gasteiger partial charge in [-0.2, -0.15) is 0 Å². The van der Waals surface area contributed by atoms with Gasteiger partial charge in [-0.05, 0) is 35.3 Å². The summed E-state index contributed by atoms with van der Waals surface area (Å²) in [5.41, 5.74) is 3.27. The average Bonchev–Trinajstić information content (AvgIpc) is 2.36. The lowest BCUT2D eigenvalue weighted by molar-refractivity contribution is 0.295. The fourth-order valence-electron chi connectivity index (χ4n) is 2.41. The standard InChI is InChI=1S/C16H26/c1-6-13(4)16(5,8-3)15-11-9-14(7-2)10-12-15/h9-13H,6-8H2,1-5H3. The van der Waals surface area contributed by atoms with Gasteiger partial charge in [0.25, 0.3) is 0 Å². The Morgan fingerprint density at radius 3 is 2.00 bits per heavy atom. The van der Waals surface area contributed by atoms with E-state index >= 15 is 0 Å². The van der Waals surface area contributed by atoms with Gasteiger partial charge in [-0.15, -0.1) is 0 Å². The number of benzene rings is 1. The molecule has 0 aromatic heterocycles. The molecule has 0 saturated carbocycles. The van der Waals surface area contributed by atoms with Gasteiger partial charge in [0.15, 0.2) is 0 Å². The van der Waals surface area contributed by atoms with Crippen LogP contribution >= 0.6 is 0 Å². The molecular weight excluding hydrogens is 192 g/mol. The summed E-state index contributed by atoms with van der Waals surface area (Å²) in [5, 5.41) is 0. The van der Waals surface area contributed by atoms with Crippen molar-refractivity contribution in [2.75, 3.05) is 0 Å². The largest absolute Gasteiger partial charge is 0.0651 e. The Hall–Kier alpha value is -0.780. The molecule has 2 unspecified atom stereocenters. The van der Waals surface area contributed by atoms with Gasteiger partial charge in [-0.1, -0.05) is 65.3 Å². The van der Waals surface area contributed by atoms with Crippen molar-refractivity contribution >= 4 is 0 Å². The summed E-state index contributed by atoms with van der Waals surface area (Å²) >= 11 is 0. The molecule has 0 bridgehead atoms. The molecule has 2 atom stereocenters. The minimum atomic E-state index is 0.334. The third-order valence-electron chi connectivity index (χ3n) is 4.46. The van der Waals surface area contributed by atoms with Gasteiger partial charge in [0.05, 0.1) is 0 Å². The Morgan fingerprint density at radius 2 is 1.62 bits per heavy atom. The van der Waals surface area contributed by atoms with Crippen molar-refractivity contribution in [3.8, 4) is 0 Å². The van der Waals surface area contributed by atoms with Gasteiger partial charge in [-0.3, -0.25) is 0 Å². The second-order valence-electron chi connectivity index (χ2n) is 5.13. The van der Waals surface area contributed by atoms with Crippen LogP contribution in [-0.2, 0) is 11.8 Å². The first-order chi connectivity index (χ1) is 7.58. The molecule has 0 heteroatoms. The molecule has 0 aliphatic carbocycles. The normalized spacial score (nSPS) is 16.8. The predicted molar refractivity (Wildman–Crippen MR) is 72.9 cm³/mol. The van der Waals surface area contributed by atoms with Gasteiger partial charge < -0.3 is 0 Å². The summed E-state index contributed by atoms with van der Waals surface area (Å²) in [6.45, 7) is 11.6. The van der Waals surface area contributed by atoms with Gasteiger partial charge >= 0.3 is 0 Å². The Morgan fingerprint density at radius 1 is 1.06 bits per heavy atom. The summed E-state index contributed by atoms with van der Waals surface area (Å²) in [7, 11) is 0. The third-order valence-corrected chi connectivity index (χ3v) is 4.46. The van der Waals surface area contributed by atoms with Crippen molar-refractivity contribution in [2.45, 2.75) is 59.3 Å². The first kappa shape index (κ1) is 13.3. The highest BCUT2D eigenvalue weighted by atomic mass is 14.3. The van der Waals surface area contributed by atoms with E-state index in [-0.39, 0.29) is 0 Å². The van der Waals surface area contributed by atoms with Crippen LogP contribution in [0.3, 0.4) is 0 Å². The molecule has 0 radical (unpaired) electrons. The predicted octanol–water partition coefficient (Wildman–Crippen LogP) is 4.96. The summed E-state index contributed by atoms with van der Waals surface area (Å²) in [4.78, 5) is 0. The third kappa shape index (κ3) is 2.48. The molecule has 0 aliphatic heterocycles. The molecule has 0 fully saturated rings. The van der Waals surface area contributed by atoms with E-state index in [9.17, 15) is 0 Å². The van der Waals surface area contributed by atoms with Crippen LogP contribution < -0.4 is 0 Å². The van der Waals surface area contributed by atoms with Crippen LogP contribution in [0.15, 0.2) is 24.3 Å². The molecule has 1 aromatic rings. The Labute approximate surface area is 101 Å². The molecule has 0 spiro atoms. The van der Waals surface area contributed by atoms with Crippen molar-refractivity contribution in [3.63, 3.8) is 0 Å². The maximum Gasteiger partial charge on any atom is -0.00524 e. The molecule has 90 valence electrons. The second-order valence-corrected chi connectivity index (χ2v) is 5.13. The van der Waals surface area contributed by atoms with E-state index in [0.29, 0.717) is 5.41 Å². The van der Waals surface area contributed by atoms with Crippen molar-refractivity contribution < 1.29 is 0 Å². The average molecular weight is 218 g/mol. The molecule has 0 amide bonds. The number of hydrogen-bond acceptors (Lipinski definition) is 0.